The van der Waals surface area contributed by atoms with Gasteiger partial charge in [-0.05, 0) is 31.5 Å². The van der Waals surface area contributed by atoms with Crippen LogP contribution < -0.4 is 5.32 Å². The molecule has 1 aliphatic heterocycles. The summed E-state index contributed by atoms with van der Waals surface area (Å²) in [7, 11) is -3.44. The van der Waals surface area contributed by atoms with Gasteiger partial charge in [0.15, 0.2) is 0 Å². The number of hydrogen-bond acceptors (Lipinski definition) is 3. The molecule has 0 bridgehead atoms. The van der Waals surface area contributed by atoms with Gasteiger partial charge in [-0.3, -0.25) is 0 Å². The Labute approximate surface area is 113 Å². The van der Waals surface area contributed by atoms with Gasteiger partial charge < -0.3 is 5.32 Å². The molecule has 0 saturated carbocycles. The van der Waals surface area contributed by atoms with Crippen LogP contribution in [-0.4, -0.2) is 38.4 Å². The van der Waals surface area contributed by atoms with E-state index in [9.17, 15) is 8.42 Å². The van der Waals surface area contributed by atoms with Crippen LogP contribution in [0.25, 0.3) is 0 Å². The Morgan fingerprint density at radius 1 is 1.44 bits per heavy atom. The van der Waals surface area contributed by atoms with Crippen LogP contribution in [0.4, 0.5) is 0 Å². The molecule has 0 radical (unpaired) electrons. The number of sulfonamides is 1. The van der Waals surface area contributed by atoms with Crippen LogP contribution >= 0.6 is 11.6 Å². The number of aryl methyl sites for hydroxylation is 1. The quantitative estimate of drug-likeness (QED) is 0.900. The van der Waals surface area contributed by atoms with E-state index in [4.69, 9.17) is 11.6 Å². The highest BCUT2D eigenvalue weighted by Gasteiger charge is 2.30. The summed E-state index contributed by atoms with van der Waals surface area (Å²) in [5.41, 5.74) is 0.879. The predicted molar refractivity (Wildman–Crippen MR) is 72.4 cm³/mol. The average Bonchev–Trinajstić information content (AvgIpc) is 2.33. The number of benzene rings is 1. The third-order valence-corrected chi connectivity index (χ3v) is 5.61. The lowest BCUT2D eigenvalue weighted by Gasteiger charge is -2.32. The molecule has 1 saturated heterocycles. The van der Waals surface area contributed by atoms with Crippen LogP contribution in [0.1, 0.15) is 12.5 Å². The lowest BCUT2D eigenvalue weighted by atomic mass is 10.2. The van der Waals surface area contributed by atoms with Crippen molar-refractivity contribution in [3.8, 4) is 0 Å². The summed E-state index contributed by atoms with van der Waals surface area (Å²) in [4.78, 5) is 0.270. The summed E-state index contributed by atoms with van der Waals surface area (Å²) in [6.07, 6.45) is 0. The lowest BCUT2D eigenvalue weighted by Crippen LogP contribution is -2.52. The molecule has 1 aromatic rings. The minimum atomic E-state index is -3.44. The van der Waals surface area contributed by atoms with E-state index in [1.807, 2.05) is 13.8 Å². The smallest absolute Gasteiger partial charge is 0.243 e. The first-order valence-electron chi connectivity index (χ1n) is 5.91. The summed E-state index contributed by atoms with van der Waals surface area (Å²) < 4.78 is 26.5. The predicted octanol–water partition coefficient (Wildman–Crippen LogP) is 1.63. The van der Waals surface area contributed by atoms with Crippen molar-refractivity contribution < 1.29 is 8.42 Å². The second kappa shape index (κ2) is 5.17. The van der Waals surface area contributed by atoms with Crippen molar-refractivity contribution in [2.24, 2.45) is 0 Å². The Morgan fingerprint density at radius 2 is 2.17 bits per heavy atom. The SMILES string of the molecule is Cc1ccc(S(=O)(=O)N2CCNCC2C)cc1Cl. The first-order chi connectivity index (χ1) is 8.43. The van der Waals surface area contributed by atoms with E-state index in [1.165, 1.54) is 10.4 Å². The molecule has 0 amide bonds. The van der Waals surface area contributed by atoms with Crippen molar-refractivity contribution in [3.63, 3.8) is 0 Å². The topological polar surface area (TPSA) is 49.4 Å². The summed E-state index contributed by atoms with van der Waals surface area (Å²) in [6, 6.07) is 4.85. The van der Waals surface area contributed by atoms with Crippen LogP contribution in [0.5, 0.6) is 0 Å². The van der Waals surface area contributed by atoms with Crippen LogP contribution in [-0.2, 0) is 10.0 Å². The van der Waals surface area contributed by atoms with Crippen LogP contribution in [0.2, 0.25) is 5.02 Å². The minimum absolute atomic E-state index is 0.0381. The molecule has 1 unspecified atom stereocenters. The van der Waals surface area contributed by atoms with Gasteiger partial charge in [0.1, 0.15) is 0 Å². The van der Waals surface area contributed by atoms with Crippen LogP contribution in [0, 0.1) is 6.92 Å². The summed E-state index contributed by atoms with van der Waals surface area (Å²) in [5.74, 6) is 0. The number of nitrogens with one attached hydrogen (secondary N) is 1. The zero-order valence-corrected chi connectivity index (χ0v) is 12.1. The number of halogens is 1. The third kappa shape index (κ3) is 2.54. The summed E-state index contributed by atoms with van der Waals surface area (Å²) in [6.45, 7) is 5.61. The molecular formula is C12H17ClN2O2S. The monoisotopic (exact) mass is 288 g/mol. The third-order valence-electron chi connectivity index (χ3n) is 3.19. The fourth-order valence-electron chi connectivity index (χ4n) is 2.05. The van der Waals surface area contributed by atoms with Gasteiger partial charge >= 0.3 is 0 Å². The summed E-state index contributed by atoms with van der Waals surface area (Å²) in [5, 5.41) is 3.66. The van der Waals surface area contributed by atoms with Gasteiger partial charge in [0, 0.05) is 30.7 Å². The van der Waals surface area contributed by atoms with E-state index in [2.05, 4.69) is 5.32 Å². The van der Waals surface area contributed by atoms with Gasteiger partial charge in [0.05, 0.1) is 4.90 Å². The second-order valence-corrected chi connectivity index (χ2v) is 6.88. The lowest BCUT2D eigenvalue weighted by molar-refractivity contribution is 0.284. The highest BCUT2D eigenvalue weighted by Crippen LogP contribution is 2.24. The van der Waals surface area contributed by atoms with E-state index in [0.29, 0.717) is 24.7 Å². The standard InChI is InChI=1S/C12H17ClN2O2S/c1-9-3-4-11(7-12(9)13)18(16,17)15-6-5-14-8-10(15)2/h3-4,7,10,14H,5-6,8H2,1-2H3. The van der Waals surface area contributed by atoms with Crippen molar-refractivity contribution in [2.45, 2.75) is 24.8 Å². The first-order valence-corrected chi connectivity index (χ1v) is 7.73. The maximum absolute atomic E-state index is 12.5. The maximum atomic E-state index is 12.5. The molecule has 6 heteroatoms. The Hall–Kier alpha value is -0.620. The Morgan fingerprint density at radius 3 is 2.78 bits per heavy atom. The maximum Gasteiger partial charge on any atom is 0.243 e. The molecule has 100 valence electrons. The number of rotatable bonds is 2. The number of hydrogen-bond donors (Lipinski definition) is 1. The largest absolute Gasteiger partial charge is 0.314 e. The molecule has 1 fully saturated rings. The summed E-state index contributed by atoms with van der Waals surface area (Å²) >= 11 is 6.00. The Balaban J connectivity index is 2.37. The van der Waals surface area contributed by atoms with E-state index in [1.54, 1.807) is 12.1 Å². The molecule has 18 heavy (non-hydrogen) atoms. The molecule has 0 aromatic heterocycles. The van der Waals surface area contributed by atoms with E-state index in [-0.39, 0.29) is 10.9 Å². The molecule has 1 heterocycles. The molecule has 1 aliphatic rings. The molecule has 0 spiro atoms. The van der Waals surface area contributed by atoms with E-state index < -0.39 is 10.0 Å². The van der Waals surface area contributed by atoms with Gasteiger partial charge in [0.2, 0.25) is 10.0 Å². The van der Waals surface area contributed by atoms with Crippen LogP contribution in [0.15, 0.2) is 23.1 Å². The van der Waals surface area contributed by atoms with Gasteiger partial charge in [-0.1, -0.05) is 17.7 Å². The molecule has 1 atom stereocenters. The second-order valence-electron chi connectivity index (χ2n) is 4.58. The van der Waals surface area contributed by atoms with Crippen molar-refractivity contribution in [1.82, 2.24) is 9.62 Å². The van der Waals surface area contributed by atoms with Crippen molar-refractivity contribution in [2.75, 3.05) is 19.6 Å². The molecule has 4 nitrogen and oxygen atoms in total. The highest BCUT2D eigenvalue weighted by atomic mass is 35.5. The van der Waals surface area contributed by atoms with Crippen LogP contribution in [0.3, 0.4) is 0 Å². The highest BCUT2D eigenvalue weighted by molar-refractivity contribution is 7.89. The first kappa shape index (κ1) is 13.8. The average molecular weight is 289 g/mol. The van der Waals surface area contributed by atoms with E-state index >= 15 is 0 Å². The van der Waals surface area contributed by atoms with Crippen molar-refractivity contribution in [1.29, 1.82) is 0 Å². The van der Waals surface area contributed by atoms with Crippen molar-refractivity contribution in [3.05, 3.63) is 28.8 Å². The molecule has 2 rings (SSSR count). The Kier molecular flexibility index (Phi) is 3.96. The van der Waals surface area contributed by atoms with E-state index in [0.717, 1.165) is 5.56 Å². The number of nitrogens with zero attached hydrogens (tertiary/aromatic N) is 1. The fourth-order valence-corrected chi connectivity index (χ4v) is 3.95. The Bertz CT molecular complexity index is 545. The molecule has 1 aromatic carbocycles. The molecular weight excluding hydrogens is 272 g/mol. The van der Waals surface area contributed by atoms with Gasteiger partial charge in [-0.25, -0.2) is 8.42 Å². The fraction of sp³-hybridized carbons (Fsp3) is 0.500. The zero-order chi connectivity index (χ0) is 13.3. The zero-order valence-electron chi connectivity index (χ0n) is 10.5. The van der Waals surface area contributed by atoms with Gasteiger partial charge in [-0.15, -0.1) is 0 Å². The molecule has 0 aliphatic carbocycles. The minimum Gasteiger partial charge on any atom is -0.314 e. The number of piperazine rings is 1. The van der Waals surface area contributed by atoms with Gasteiger partial charge in [0.25, 0.3) is 0 Å². The van der Waals surface area contributed by atoms with Gasteiger partial charge in [-0.2, -0.15) is 4.31 Å². The van der Waals surface area contributed by atoms with Crippen molar-refractivity contribution >= 4 is 21.6 Å². The normalized spacial score (nSPS) is 22.1. The molecule has 1 N–H and O–H groups in total.